The van der Waals surface area contributed by atoms with E-state index in [0.29, 0.717) is 18.7 Å². The highest BCUT2D eigenvalue weighted by atomic mass is 32.2. The van der Waals surface area contributed by atoms with Crippen LogP contribution in [0, 0.1) is 0 Å². The number of rotatable bonds is 3. The summed E-state index contributed by atoms with van der Waals surface area (Å²) in [7, 11) is -3.65. The number of ether oxygens (including phenoxy) is 1. The standard InChI is InChI=1S/C17H26N2O4S/c1-12-10-19(11-13(2)23-12)24(21,22)15-8-6-7-14(9-15)16(20)18-17(3,4)5/h6-9,12-13H,10-11H2,1-5H3,(H,18,20)/t12-,13-/m1/s1. The zero-order valence-electron chi connectivity index (χ0n) is 14.9. The zero-order chi connectivity index (χ0) is 18.1. The lowest BCUT2D eigenvalue weighted by atomic mass is 10.1. The predicted octanol–water partition coefficient (Wildman–Crippen LogP) is 2.01. The lowest BCUT2D eigenvalue weighted by Gasteiger charge is -2.34. The first-order valence-electron chi connectivity index (χ1n) is 8.07. The van der Waals surface area contributed by atoms with Crippen molar-refractivity contribution in [3.05, 3.63) is 29.8 Å². The Morgan fingerprint density at radius 2 is 1.79 bits per heavy atom. The fraction of sp³-hybridized carbons (Fsp3) is 0.588. The molecule has 6 nitrogen and oxygen atoms in total. The van der Waals surface area contributed by atoms with Crippen molar-refractivity contribution >= 4 is 15.9 Å². The van der Waals surface area contributed by atoms with Crippen LogP contribution in [0.4, 0.5) is 0 Å². The molecule has 1 aromatic carbocycles. The number of nitrogens with one attached hydrogen (secondary N) is 1. The van der Waals surface area contributed by atoms with Gasteiger partial charge in [-0.05, 0) is 52.8 Å². The smallest absolute Gasteiger partial charge is 0.251 e. The molecule has 2 rings (SSSR count). The second-order valence-corrected chi connectivity index (χ2v) is 9.25. The third-order valence-electron chi connectivity index (χ3n) is 3.61. The lowest BCUT2D eigenvalue weighted by Crippen LogP contribution is -2.48. The summed E-state index contributed by atoms with van der Waals surface area (Å²) in [5.41, 5.74) is -0.0542. The molecule has 134 valence electrons. The van der Waals surface area contributed by atoms with Crippen molar-refractivity contribution in [1.82, 2.24) is 9.62 Å². The highest BCUT2D eigenvalue weighted by molar-refractivity contribution is 7.89. The Morgan fingerprint density at radius 3 is 2.33 bits per heavy atom. The number of sulfonamides is 1. The molecule has 0 saturated carbocycles. The number of morpholine rings is 1. The molecule has 1 aromatic rings. The van der Waals surface area contributed by atoms with Gasteiger partial charge in [0.25, 0.3) is 5.91 Å². The highest BCUT2D eigenvalue weighted by Crippen LogP contribution is 2.22. The minimum Gasteiger partial charge on any atom is -0.373 e. The van der Waals surface area contributed by atoms with Crippen LogP contribution >= 0.6 is 0 Å². The van der Waals surface area contributed by atoms with Crippen molar-refractivity contribution in [3.63, 3.8) is 0 Å². The molecule has 0 aliphatic carbocycles. The van der Waals surface area contributed by atoms with Crippen LogP contribution in [0.5, 0.6) is 0 Å². The number of carbonyl (C=O) groups is 1. The summed E-state index contributed by atoms with van der Waals surface area (Å²) in [5.74, 6) is -0.289. The van der Waals surface area contributed by atoms with Gasteiger partial charge in [-0.1, -0.05) is 6.07 Å². The van der Waals surface area contributed by atoms with Gasteiger partial charge >= 0.3 is 0 Å². The molecule has 0 aromatic heterocycles. The summed E-state index contributed by atoms with van der Waals surface area (Å²) in [6.45, 7) is 9.96. The third kappa shape index (κ3) is 4.55. The number of nitrogens with zero attached hydrogens (tertiary/aromatic N) is 1. The molecule has 1 aliphatic heterocycles. The van der Waals surface area contributed by atoms with Crippen molar-refractivity contribution in [2.24, 2.45) is 0 Å². The largest absolute Gasteiger partial charge is 0.373 e. The summed E-state index contributed by atoms with van der Waals surface area (Å²) in [6.07, 6.45) is -0.313. The summed E-state index contributed by atoms with van der Waals surface area (Å²) in [4.78, 5) is 12.4. The van der Waals surface area contributed by atoms with Crippen LogP contribution in [-0.2, 0) is 14.8 Å². The van der Waals surface area contributed by atoms with Crippen molar-refractivity contribution in [2.45, 2.75) is 57.3 Å². The van der Waals surface area contributed by atoms with Crippen LogP contribution in [0.1, 0.15) is 45.0 Å². The maximum absolute atomic E-state index is 12.9. The Kier molecular flexibility index (Phi) is 5.37. The van der Waals surface area contributed by atoms with Crippen LogP contribution in [-0.4, -0.2) is 49.5 Å². The molecule has 1 saturated heterocycles. The van der Waals surface area contributed by atoms with Crippen molar-refractivity contribution in [1.29, 1.82) is 0 Å². The van der Waals surface area contributed by atoms with Crippen molar-refractivity contribution < 1.29 is 17.9 Å². The Bertz CT molecular complexity index is 700. The molecule has 0 spiro atoms. The van der Waals surface area contributed by atoms with Gasteiger partial charge in [0, 0.05) is 24.2 Å². The SMILES string of the molecule is C[C@@H]1CN(S(=O)(=O)c2cccc(C(=O)NC(C)(C)C)c2)C[C@@H](C)O1. The van der Waals surface area contributed by atoms with Gasteiger partial charge in [0.15, 0.2) is 0 Å². The van der Waals surface area contributed by atoms with Gasteiger partial charge < -0.3 is 10.1 Å². The minimum atomic E-state index is -3.65. The Labute approximate surface area is 144 Å². The minimum absolute atomic E-state index is 0.130. The first-order chi connectivity index (χ1) is 11.0. The molecule has 1 N–H and O–H groups in total. The maximum atomic E-state index is 12.9. The van der Waals surface area contributed by atoms with E-state index >= 15 is 0 Å². The summed E-state index contributed by atoms with van der Waals surface area (Å²) >= 11 is 0. The highest BCUT2D eigenvalue weighted by Gasteiger charge is 2.32. The maximum Gasteiger partial charge on any atom is 0.251 e. The lowest BCUT2D eigenvalue weighted by molar-refractivity contribution is -0.0440. The number of hydrogen-bond acceptors (Lipinski definition) is 4. The van der Waals surface area contributed by atoms with Gasteiger partial charge in [-0.25, -0.2) is 8.42 Å². The van der Waals surface area contributed by atoms with Crippen LogP contribution in [0.25, 0.3) is 0 Å². The van der Waals surface area contributed by atoms with Crippen molar-refractivity contribution in [3.8, 4) is 0 Å². The molecule has 2 atom stereocenters. The second kappa shape index (κ2) is 6.82. The van der Waals surface area contributed by atoms with Gasteiger partial charge in [0.2, 0.25) is 10.0 Å². The van der Waals surface area contributed by atoms with E-state index < -0.39 is 10.0 Å². The monoisotopic (exact) mass is 354 g/mol. The normalized spacial score (nSPS) is 23.0. The fourth-order valence-electron chi connectivity index (χ4n) is 2.69. The third-order valence-corrected chi connectivity index (χ3v) is 5.44. The molecular formula is C17H26N2O4S. The quantitative estimate of drug-likeness (QED) is 0.901. The molecule has 1 aliphatic rings. The van der Waals surface area contributed by atoms with E-state index in [9.17, 15) is 13.2 Å². The molecule has 7 heteroatoms. The van der Waals surface area contributed by atoms with Gasteiger partial charge in [-0.2, -0.15) is 4.31 Å². The number of carbonyl (C=O) groups excluding carboxylic acids is 1. The van der Waals surface area contributed by atoms with E-state index in [1.165, 1.54) is 16.4 Å². The molecule has 0 unspecified atom stereocenters. The Hall–Kier alpha value is -1.44. The molecular weight excluding hydrogens is 328 g/mol. The molecule has 0 radical (unpaired) electrons. The topological polar surface area (TPSA) is 75.7 Å². The number of benzene rings is 1. The summed E-state index contributed by atoms with van der Waals surface area (Å²) < 4.78 is 32.8. The summed E-state index contributed by atoms with van der Waals surface area (Å²) in [5, 5.41) is 2.84. The van der Waals surface area contributed by atoms with E-state index in [0.717, 1.165) is 0 Å². The first-order valence-corrected chi connectivity index (χ1v) is 9.51. The zero-order valence-corrected chi connectivity index (χ0v) is 15.7. The van der Waals surface area contributed by atoms with Gasteiger partial charge in [0.1, 0.15) is 0 Å². The van der Waals surface area contributed by atoms with Crippen LogP contribution in [0.3, 0.4) is 0 Å². The average molecular weight is 354 g/mol. The molecule has 0 bridgehead atoms. The van der Waals surface area contributed by atoms with E-state index in [-0.39, 0.29) is 28.5 Å². The van der Waals surface area contributed by atoms with Gasteiger partial charge in [-0.3, -0.25) is 4.79 Å². The van der Waals surface area contributed by atoms with Gasteiger partial charge in [0.05, 0.1) is 17.1 Å². The fourth-order valence-corrected chi connectivity index (χ4v) is 4.32. The van der Waals surface area contributed by atoms with E-state index in [1.807, 2.05) is 34.6 Å². The molecule has 24 heavy (non-hydrogen) atoms. The second-order valence-electron chi connectivity index (χ2n) is 7.31. The van der Waals surface area contributed by atoms with Crippen LogP contribution in [0.2, 0.25) is 0 Å². The first kappa shape index (κ1) is 18.9. The Morgan fingerprint density at radius 1 is 1.21 bits per heavy atom. The van der Waals surface area contributed by atoms with Gasteiger partial charge in [-0.15, -0.1) is 0 Å². The van der Waals surface area contributed by atoms with Crippen LogP contribution < -0.4 is 5.32 Å². The predicted molar refractivity (Wildman–Crippen MR) is 92.4 cm³/mol. The van der Waals surface area contributed by atoms with E-state index in [2.05, 4.69) is 5.32 Å². The molecule has 1 fully saturated rings. The molecule has 1 amide bonds. The van der Waals surface area contributed by atoms with E-state index in [1.54, 1.807) is 12.1 Å². The van der Waals surface area contributed by atoms with E-state index in [4.69, 9.17) is 4.74 Å². The average Bonchev–Trinajstić information content (AvgIpc) is 2.44. The number of hydrogen-bond donors (Lipinski definition) is 1. The molecule has 1 heterocycles. The van der Waals surface area contributed by atoms with Crippen molar-refractivity contribution in [2.75, 3.05) is 13.1 Å². The summed E-state index contributed by atoms with van der Waals surface area (Å²) in [6, 6.07) is 6.16. The Balaban J connectivity index is 2.28. The van der Waals surface area contributed by atoms with Crippen LogP contribution in [0.15, 0.2) is 29.2 Å². The number of amides is 1.